The van der Waals surface area contributed by atoms with Crippen molar-refractivity contribution in [2.24, 2.45) is 0 Å². The lowest BCUT2D eigenvalue weighted by Crippen LogP contribution is -2.34. The van der Waals surface area contributed by atoms with Crippen molar-refractivity contribution in [3.63, 3.8) is 0 Å². The average Bonchev–Trinajstić information content (AvgIpc) is 3.33. The van der Waals surface area contributed by atoms with Gasteiger partial charge in [0.05, 0.1) is 16.8 Å². The molecule has 1 aliphatic rings. The first-order chi connectivity index (χ1) is 14.7. The fraction of sp³-hybridized carbons (Fsp3) is 0.0455. The molecule has 2 amide bonds. The molecule has 0 saturated heterocycles. The SMILES string of the molecule is O=C1Nc2csc3ncnc(c23)N1c1ccc2c(ccn2Cc2cccc(F)c2)c1. The summed E-state index contributed by atoms with van der Waals surface area (Å²) < 4.78 is 15.6. The van der Waals surface area contributed by atoms with Gasteiger partial charge in [-0.2, -0.15) is 0 Å². The fourth-order valence-corrected chi connectivity index (χ4v) is 4.76. The van der Waals surface area contributed by atoms with Gasteiger partial charge in [-0.1, -0.05) is 12.1 Å². The highest BCUT2D eigenvalue weighted by atomic mass is 32.1. The van der Waals surface area contributed by atoms with Crippen molar-refractivity contribution in [3.8, 4) is 0 Å². The van der Waals surface area contributed by atoms with Crippen molar-refractivity contribution in [3.05, 3.63) is 77.8 Å². The van der Waals surface area contributed by atoms with Gasteiger partial charge in [-0.25, -0.2) is 24.1 Å². The lowest BCUT2D eigenvalue weighted by Gasteiger charge is -2.26. The van der Waals surface area contributed by atoms with Crippen molar-refractivity contribution < 1.29 is 9.18 Å². The largest absolute Gasteiger partial charge is 0.343 e. The minimum Gasteiger partial charge on any atom is -0.343 e. The summed E-state index contributed by atoms with van der Waals surface area (Å²) in [5.74, 6) is 0.338. The summed E-state index contributed by atoms with van der Waals surface area (Å²) in [6.07, 6.45) is 3.45. The van der Waals surface area contributed by atoms with Gasteiger partial charge < -0.3 is 9.88 Å². The second-order valence-electron chi connectivity index (χ2n) is 7.11. The molecule has 1 N–H and O–H groups in total. The van der Waals surface area contributed by atoms with Crippen LogP contribution in [0.1, 0.15) is 5.56 Å². The van der Waals surface area contributed by atoms with Crippen LogP contribution >= 0.6 is 11.3 Å². The van der Waals surface area contributed by atoms with E-state index in [2.05, 4.69) is 19.9 Å². The van der Waals surface area contributed by atoms with E-state index in [0.29, 0.717) is 12.4 Å². The third-order valence-electron chi connectivity index (χ3n) is 5.26. The molecule has 2 aromatic carbocycles. The topological polar surface area (TPSA) is 63.1 Å². The lowest BCUT2D eigenvalue weighted by molar-refractivity contribution is 0.258. The van der Waals surface area contributed by atoms with E-state index in [1.807, 2.05) is 41.9 Å². The number of carbonyl (C=O) groups excluding carboxylic acids is 1. The maximum atomic E-state index is 13.5. The van der Waals surface area contributed by atoms with Crippen LogP contribution in [0.15, 0.2) is 66.4 Å². The molecule has 0 radical (unpaired) electrons. The van der Waals surface area contributed by atoms with Crippen molar-refractivity contribution in [2.75, 3.05) is 10.2 Å². The van der Waals surface area contributed by atoms with Gasteiger partial charge in [0, 0.05) is 29.0 Å². The number of fused-ring (bicyclic) bond motifs is 1. The number of aromatic nitrogens is 3. The van der Waals surface area contributed by atoms with Gasteiger partial charge in [-0.15, -0.1) is 11.3 Å². The first-order valence-electron chi connectivity index (χ1n) is 9.34. The summed E-state index contributed by atoms with van der Waals surface area (Å²) in [6, 6.07) is 14.2. The van der Waals surface area contributed by atoms with E-state index in [1.54, 1.807) is 11.0 Å². The number of nitrogens with one attached hydrogen (secondary N) is 1. The maximum absolute atomic E-state index is 13.5. The Morgan fingerprint density at radius 2 is 2.03 bits per heavy atom. The Balaban J connectivity index is 1.42. The smallest absolute Gasteiger partial charge is 0.332 e. The number of urea groups is 1. The molecule has 6 nitrogen and oxygen atoms in total. The van der Waals surface area contributed by atoms with Crippen molar-refractivity contribution >= 4 is 55.7 Å². The zero-order chi connectivity index (χ0) is 20.2. The van der Waals surface area contributed by atoms with Gasteiger partial charge in [-0.3, -0.25) is 0 Å². The van der Waals surface area contributed by atoms with E-state index in [4.69, 9.17) is 0 Å². The molecule has 0 aliphatic carbocycles. The summed E-state index contributed by atoms with van der Waals surface area (Å²) in [4.78, 5) is 23.9. The third-order valence-corrected chi connectivity index (χ3v) is 6.15. The fourth-order valence-electron chi connectivity index (χ4n) is 3.92. The Kier molecular flexibility index (Phi) is 3.63. The quantitative estimate of drug-likeness (QED) is 0.422. The second kappa shape index (κ2) is 6.36. The summed E-state index contributed by atoms with van der Waals surface area (Å²) in [5.41, 5.74) is 3.36. The van der Waals surface area contributed by atoms with Gasteiger partial charge in [0.2, 0.25) is 0 Å². The summed E-state index contributed by atoms with van der Waals surface area (Å²) in [6.45, 7) is 0.565. The van der Waals surface area contributed by atoms with E-state index < -0.39 is 0 Å². The monoisotopic (exact) mass is 415 g/mol. The predicted molar refractivity (Wildman–Crippen MR) is 116 cm³/mol. The van der Waals surface area contributed by atoms with Crippen LogP contribution in [0.5, 0.6) is 0 Å². The van der Waals surface area contributed by atoms with Gasteiger partial charge in [0.25, 0.3) is 0 Å². The lowest BCUT2D eigenvalue weighted by atomic mass is 10.2. The Morgan fingerprint density at radius 1 is 1.10 bits per heavy atom. The highest BCUT2D eigenvalue weighted by Crippen LogP contribution is 2.41. The Hall–Kier alpha value is -3.78. The van der Waals surface area contributed by atoms with E-state index in [1.165, 1.54) is 29.8 Å². The number of carbonyl (C=O) groups is 1. The number of halogens is 1. The molecule has 0 fully saturated rings. The first kappa shape index (κ1) is 17.1. The van der Waals surface area contributed by atoms with Crippen LogP contribution in [0.3, 0.4) is 0 Å². The zero-order valence-corrected chi connectivity index (χ0v) is 16.4. The van der Waals surface area contributed by atoms with Crippen LogP contribution in [0.2, 0.25) is 0 Å². The number of benzene rings is 2. The molecule has 30 heavy (non-hydrogen) atoms. The van der Waals surface area contributed by atoms with E-state index in [9.17, 15) is 9.18 Å². The molecular formula is C22H14FN5OS. The number of rotatable bonds is 3. The average molecular weight is 415 g/mol. The molecule has 0 spiro atoms. The van der Waals surface area contributed by atoms with Gasteiger partial charge in [0.1, 0.15) is 17.0 Å². The summed E-state index contributed by atoms with van der Waals surface area (Å²) in [7, 11) is 0. The second-order valence-corrected chi connectivity index (χ2v) is 7.97. The Labute approximate surface area is 174 Å². The third kappa shape index (κ3) is 2.57. The highest BCUT2D eigenvalue weighted by molar-refractivity contribution is 7.17. The standard InChI is InChI=1S/C22H14FN5OS/c23-15-3-1-2-13(8-15)10-27-7-6-14-9-16(4-5-18(14)27)28-20-19-17(26-22(28)29)11-30-21(19)25-12-24-20/h1-9,11-12H,10H2,(H,26,29). The van der Waals surface area contributed by atoms with Crippen LogP contribution in [0, 0.1) is 5.82 Å². The van der Waals surface area contributed by atoms with E-state index in [-0.39, 0.29) is 11.8 Å². The molecule has 0 saturated carbocycles. The van der Waals surface area contributed by atoms with Crippen LogP contribution in [-0.4, -0.2) is 20.6 Å². The van der Waals surface area contributed by atoms with Crippen molar-refractivity contribution in [1.82, 2.24) is 14.5 Å². The molecule has 4 heterocycles. The molecule has 5 aromatic rings. The molecular weight excluding hydrogens is 401 g/mol. The van der Waals surface area contributed by atoms with E-state index >= 15 is 0 Å². The van der Waals surface area contributed by atoms with E-state index in [0.717, 1.165) is 38.1 Å². The Bertz CT molecular complexity index is 1460. The maximum Gasteiger partial charge on any atom is 0.332 e. The first-order valence-corrected chi connectivity index (χ1v) is 10.2. The normalized spacial score (nSPS) is 13.2. The molecule has 0 bridgehead atoms. The molecule has 0 unspecified atom stereocenters. The van der Waals surface area contributed by atoms with Gasteiger partial charge >= 0.3 is 6.03 Å². The number of amides is 2. The molecule has 1 aliphatic heterocycles. The summed E-state index contributed by atoms with van der Waals surface area (Å²) in [5, 5.41) is 6.64. The zero-order valence-electron chi connectivity index (χ0n) is 15.5. The molecule has 6 rings (SSSR count). The van der Waals surface area contributed by atoms with Crippen LogP contribution in [0.4, 0.5) is 26.4 Å². The number of thiophene rings is 1. The van der Waals surface area contributed by atoms with Crippen LogP contribution in [-0.2, 0) is 6.54 Å². The number of anilines is 3. The van der Waals surface area contributed by atoms with Crippen molar-refractivity contribution in [2.45, 2.75) is 6.54 Å². The molecule has 3 aromatic heterocycles. The molecule has 0 atom stereocenters. The van der Waals surface area contributed by atoms with Crippen LogP contribution in [0.25, 0.3) is 21.1 Å². The minimum absolute atomic E-state index is 0.244. The number of nitrogens with zero attached hydrogens (tertiary/aromatic N) is 4. The van der Waals surface area contributed by atoms with Crippen LogP contribution < -0.4 is 10.2 Å². The molecule has 146 valence electrons. The van der Waals surface area contributed by atoms with Gasteiger partial charge in [0.15, 0.2) is 5.82 Å². The predicted octanol–water partition coefficient (Wildman–Crippen LogP) is 5.52. The highest BCUT2D eigenvalue weighted by Gasteiger charge is 2.29. The minimum atomic E-state index is -0.251. The Morgan fingerprint density at radius 3 is 2.93 bits per heavy atom. The number of hydrogen-bond acceptors (Lipinski definition) is 4. The molecule has 8 heteroatoms. The van der Waals surface area contributed by atoms with Gasteiger partial charge in [-0.05, 0) is 42.0 Å². The van der Waals surface area contributed by atoms with Crippen molar-refractivity contribution in [1.29, 1.82) is 0 Å². The summed E-state index contributed by atoms with van der Waals surface area (Å²) >= 11 is 1.48. The number of hydrogen-bond donors (Lipinski definition) is 1.